The monoisotopic (exact) mass is 403 g/mol. The molecule has 3 rings (SSSR count). The summed E-state index contributed by atoms with van der Waals surface area (Å²) in [6.45, 7) is 5.86. The number of nitrogens with one attached hydrogen (secondary N) is 1. The predicted octanol–water partition coefficient (Wildman–Crippen LogP) is 3.39. The van der Waals surface area contributed by atoms with Gasteiger partial charge in [0, 0.05) is 12.5 Å². The van der Waals surface area contributed by atoms with Gasteiger partial charge in [-0.1, -0.05) is 39.0 Å². The number of pyridine rings is 1. The molecule has 1 atom stereocenters. The highest BCUT2D eigenvalue weighted by molar-refractivity contribution is 7.90. The lowest BCUT2D eigenvalue weighted by molar-refractivity contribution is 0.0898. The van der Waals surface area contributed by atoms with Crippen LogP contribution in [0.1, 0.15) is 42.9 Å². The first-order valence-corrected chi connectivity index (χ1v) is 10.6. The zero-order chi connectivity index (χ0) is 20.7. The molecule has 2 heterocycles. The fourth-order valence-electron chi connectivity index (χ4n) is 3.09. The number of benzene rings is 1. The number of halogens is 1. The zero-order valence-corrected chi connectivity index (χ0v) is 16.9. The molecule has 148 valence electrons. The number of aromatic nitrogens is 2. The molecule has 0 aliphatic rings. The Morgan fingerprint density at radius 1 is 1.14 bits per heavy atom. The highest BCUT2D eigenvalue weighted by atomic mass is 32.2. The van der Waals surface area contributed by atoms with Gasteiger partial charge in [-0.25, -0.2) is 17.8 Å². The van der Waals surface area contributed by atoms with E-state index in [0.29, 0.717) is 5.52 Å². The van der Waals surface area contributed by atoms with Crippen molar-refractivity contribution in [3.8, 4) is 0 Å². The van der Waals surface area contributed by atoms with Crippen molar-refractivity contribution in [2.24, 2.45) is 5.41 Å². The predicted molar refractivity (Wildman–Crippen MR) is 104 cm³/mol. The van der Waals surface area contributed by atoms with Gasteiger partial charge in [-0.3, -0.25) is 9.20 Å². The summed E-state index contributed by atoms with van der Waals surface area (Å²) in [6, 6.07) is 10.5. The van der Waals surface area contributed by atoms with Crippen LogP contribution in [0.25, 0.3) is 5.52 Å². The Morgan fingerprint density at radius 2 is 1.79 bits per heavy atom. The lowest BCUT2D eigenvalue weighted by atomic mass is 9.82. The van der Waals surface area contributed by atoms with E-state index in [9.17, 15) is 17.6 Å². The number of nitrogens with zero attached hydrogens (tertiary/aromatic N) is 2. The van der Waals surface area contributed by atoms with Crippen molar-refractivity contribution in [2.45, 2.75) is 32.0 Å². The van der Waals surface area contributed by atoms with E-state index in [4.69, 9.17) is 0 Å². The maximum Gasteiger partial charge on any atom is 0.272 e. The smallest absolute Gasteiger partial charge is 0.272 e. The quantitative estimate of drug-likeness (QED) is 0.724. The van der Waals surface area contributed by atoms with Gasteiger partial charge >= 0.3 is 0 Å². The van der Waals surface area contributed by atoms with Gasteiger partial charge in [0.1, 0.15) is 5.82 Å². The first-order chi connectivity index (χ1) is 13.0. The number of amides is 1. The number of rotatable bonds is 4. The lowest BCUT2D eigenvalue weighted by Crippen LogP contribution is -2.37. The second-order valence-corrected chi connectivity index (χ2v) is 9.70. The maximum absolute atomic E-state index is 13.3. The highest BCUT2D eigenvalue weighted by Crippen LogP contribution is 2.33. The summed E-state index contributed by atoms with van der Waals surface area (Å²) in [5.41, 5.74) is 0.793. The summed E-state index contributed by atoms with van der Waals surface area (Å²) in [6.07, 6.45) is 2.60. The number of carbonyl (C=O) groups excluding carboxylic acids is 1. The lowest BCUT2D eigenvalue weighted by Gasteiger charge is -2.31. The van der Waals surface area contributed by atoms with Gasteiger partial charge in [0.25, 0.3) is 5.91 Å². The SMILES string of the molecule is CC(C)(C)C(NC(=O)c1nc(S(C)(=O)=O)n2ccccc12)c1ccc(F)cc1. The Labute approximate surface area is 163 Å². The largest absolute Gasteiger partial charge is 0.343 e. The van der Waals surface area contributed by atoms with Gasteiger partial charge in [-0.2, -0.15) is 0 Å². The van der Waals surface area contributed by atoms with Gasteiger partial charge in [0.2, 0.25) is 15.0 Å². The molecule has 0 fully saturated rings. The molecular weight excluding hydrogens is 381 g/mol. The Bertz CT molecular complexity index is 1130. The number of sulfone groups is 1. The third-order valence-electron chi connectivity index (χ3n) is 4.41. The molecule has 1 aromatic carbocycles. The summed E-state index contributed by atoms with van der Waals surface area (Å²) >= 11 is 0. The molecule has 1 N–H and O–H groups in total. The average molecular weight is 403 g/mol. The van der Waals surface area contributed by atoms with Crippen molar-refractivity contribution in [1.29, 1.82) is 0 Å². The Kier molecular flexibility index (Phi) is 5.01. The van der Waals surface area contributed by atoms with E-state index in [1.54, 1.807) is 36.5 Å². The first-order valence-electron chi connectivity index (χ1n) is 8.72. The molecule has 0 aliphatic heterocycles. The van der Waals surface area contributed by atoms with Gasteiger partial charge in [0.05, 0.1) is 11.6 Å². The van der Waals surface area contributed by atoms with Crippen LogP contribution in [0.3, 0.4) is 0 Å². The van der Waals surface area contributed by atoms with Crippen molar-refractivity contribution >= 4 is 21.3 Å². The second-order valence-electron chi connectivity index (χ2n) is 7.80. The molecule has 3 aromatic rings. The number of fused-ring (bicyclic) bond motifs is 1. The third kappa shape index (κ3) is 3.91. The number of hydrogen-bond acceptors (Lipinski definition) is 4. The second kappa shape index (κ2) is 7.01. The average Bonchev–Trinajstić information content (AvgIpc) is 2.99. The minimum Gasteiger partial charge on any atom is -0.343 e. The zero-order valence-electron chi connectivity index (χ0n) is 16.1. The molecule has 0 spiro atoms. The van der Waals surface area contributed by atoms with Crippen molar-refractivity contribution in [3.63, 3.8) is 0 Å². The summed E-state index contributed by atoms with van der Waals surface area (Å²) in [7, 11) is -3.63. The number of hydrogen-bond donors (Lipinski definition) is 1. The summed E-state index contributed by atoms with van der Waals surface area (Å²) < 4.78 is 38.8. The molecular formula is C20H22FN3O3S. The van der Waals surface area contributed by atoms with Crippen LogP contribution in [0.2, 0.25) is 0 Å². The summed E-state index contributed by atoms with van der Waals surface area (Å²) in [5.74, 6) is -0.858. The molecule has 8 heteroatoms. The maximum atomic E-state index is 13.3. The van der Waals surface area contributed by atoms with Crippen LogP contribution in [0.15, 0.2) is 53.8 Å². The van der Waals surface area contributed by atoms with Crippen LogP contribution in [0.4, 0.5) is 4.39 Å². The van der Waals surface area contributed by atoms with Crippen molar-refractivity contribution in [2.75, 3.05) is 6.26 Å². The van der Waals surface area contributed by atoms with Crippen LogP contribution in [-0.4, -0.2) is 30.0 Å². The van der Waals surface area contributed by atoms with Gasteiger partial charge in [0.15, 0.2) is 5.69 Å². The molecule has 1 unspecified atom stereocenters. The number of carbonyl (C=O) groups is 1. The normalized spacial score (nSPS) is 13.5. The Morgan fingerprint density at radius 3 is 2.36 bits per heavy atom. The topological polar surface area (TPSA) is 80.5 Å². The third-order valence-corrected chi connectivity index (χ3v) is 5.36. The van der Waals surface area contributed by atoms with E-state index in [1.165, 1.54) is 16.5 Å². The van der Waals surface area contributed by atoms with Crippen LogP contribution in [0, 0.1) is 11.2 Å². The van der Waals surface area contributed by atoms with Crippen molar-refractivity contribution in [1.82, 2.24) is 14.7 Å². The minimum atomic E-state index is -3.63. The molecule has 0 saturated heterocycles. The van der Waals surface area contributed by atoms with E-state index >= 15 is 0 Å². The van der Waals surface area contributed by atoms with E-state index in [-0.39, 0.29) is 22.1 Å². The Balaban J connectivity index is 2.05. The molecule has 0 bridgehead atoms. The molecule has 1 amide bonds. The minimum absolute atomic E-state index is 0.0254. The van der Waals surface area contributed by atoms with Crippen LogP contribution in [-0.2, 0) is 9.84 Å². The van der Waals surface area contributed by atoms with Crippen molar-refractivity contribution < 1.29 is 17.6 Å². The molecule has 2 aromatic heterocycles. The van der Waals surface area contributed by atoms with E-state index in [2.05, 4.69) is 10.3 Å². The fourth-order valence-corrected chi connectivity index (χ4v) is 3.87. The van der Waals surface area contributed by atoms with Gasteiger partial charge < -0.3 is 5.32 Å². The molecule has 28 heavy (non-hydrogen) atoms. The first kappa shape index (κ1) is 20.0. The fraction of sp³-hybridized carbons (Fsp3) is 0.300. The Hall–Kier alpha value is -2.74. The van der Waals surface area contributed by atoms with E-state index in [1.807, 2.05) is 20.8 Å². The summed E-state index contributed by atoms with van der Waals surface area (Å²) in [4.78, 5) is 17.1. The summed E-state index contributed by atoms with van der Waals surface area (Å²) in [5, 5.41) is 2.74. The highest BCUT2D eigenvalue weighted by Gasteiger charge is 2.30. The van der Waals surface area contributed by atoms with Crippen molar-refractivity contribution in [3.05, 3.63) is 65.7 Å². The molecule has 6 nitrogen and oxygen atoms in total. The van der Waals surface area contributed by atoms with E-state index in [0.717, 1.165) is 11.8 Å². The van der Waals surface area contributed by atoms with Crippen LogP contribution < -0.4 is 5.32 Å². The van der Waals surface area contributed by atoms with Crippen LogP contribution >= 0.6 is 0 Å². The van der Waals surface area contributed by atoms with Gasteiger partial charge in [-0.15, -0.1) is 0 Å². The molecule has 0 aliphatic carbocycles. The molecule has 0 radical (unpaired) electrons. The van der Waals surface area contributed by atoms with Gasteiger partial charge in [-0.05, 0) is 35.2 Å². The van der Waals surface area contributed by atoms with Crippen LogP contribution in [0.5, 0.6) is 0 Å². The molecule has 0 saturated carbocycles. The standard InChI is InChI=1S/C20H22FN3O3S/c1-20(2,3)17(13-8-10-14(21)11-9-13)23-18(25)16-15-7-5-6-12-24(15)19(22-16)28(4,26)27/h5-12,17H,1-4H3,(H,23,25). The van der Waals surface area contributed by atoms with E-state index < -0.39 is 21.8 Å². The number of imidazole rings is 1.